The van der Waals surface area contributed by atoms with Crippen molar-refractivity contribution in [1.29, 1.82) is 0 Å². The SMILES string of the molecule is N[C@@H](CC(=O)N1CCc2cnc(C(F)(F)F)nc2C1)Cc1cc(F)ccc1F. The predicted octanol–water partition coefficient (Wildman–Crippen LogP) is 2.62. The number of hydrogen-bond donors (Lipinski definition) is 1. The van der Waals surface area contributed by atoms with E-state index < -0.39 is 29.7 Å². The number of carbonyl (C=O) groups excluding carboxylic acids is 1. The number of carbonyl (C=O) groups is 1. The normalized spacial score (nSPS) is 15.3. The lowest BCUT2D eigenvalue weighted by Gasteiger charge is -2.29. The molecule has 0 fully saturated rings. The number of alkyl halides is 3. The molecule has 1 aromatic heterocycles. The van der Waals surface area contributed by atoms with E-state index in [-0.39, 0.29) is 36.6 Å². The van der Waals surface area contributed by atoms with Crippen molar-refractivity contribution >= 4 is 5.91 Å². The lowest BCUT2D eigenvalue weighted by molar-refractivity contribution is -0.145. The van der Waals surface area contributed by atoms with Gasteiger partial charge in [0, 0.05) is 25.2 Å². The minimum atomic E-state index is -4.67. The van der Waals surface area contributed by atoms with Crippen molar-refractivity contribution in [2.45, 2.75) is 38.0 Å². The largest absolute Gasteiger partial charge is 0.451 e. The predicted molar refractivity (Wildman–Crippen MR) is 88.8 cm³/mol. The van der Waals surface area contributed by atoms with Crippen molar-refractivity contribution in [1.82, 2.24) is 14.9 Å². The fourth-order valence-electron chi connectivity index (χ4n) is 3.06. The highest BCUT2D eigenvalue weighted by atomic mass is 19.4. The Labute approximate surface area is 157 Å². The van der Waals surface area contributed by atoms with E-state index in [2.05, 4.69) is 9.97 Å². The van der Waals surface area contributed by atoms with E-state index in [0.717, 1.165) is 24.4 Å². The Hall–Kier alpha value is -2.62. The van der Waals surface area contributed by atoms with Crippen molar-refractivity contribution in [3.05, 3.63) is 58.7 Å². The number of halogens is 5. The first kappa shape index (κ1) is 20.1. The Morgan fingerprint density at radius 1 is 1.29 bits per heavy atom. The molecule has 150 valence electrons. The van der Waals surface area contributed by atoms with Gasteiger partial charge in [0.05, 0.1) is 12.2 Å². The molecule has 0 unspecified atom stereocenters. The molecular formula is C18H17F5N4O. The van der Waals surface area contributed by atoms with Gasteiger partial charge in [-0.05, 0) is 42.2 Å². The fraction of sp³-hybridized carbons (Fsp3) is 0.389. The maximum atomic E-state index is 13.7. The molecule has 2 heterocycles. The Balaban J connectivity index is 1.65. The third-order valence-electron chi connectivity index (χ3n) is 4.48. The lowest BCUT2D eigenvalue weighted by Crippen LogP contribution is -2.40. The van der Waals surface area contributed by atoms with Crippen molar-refractivity contribution in [2.75, 3.05) is 6.54 Å². The van der Waals surface area contributed by atoms with Crippen molar-refractivity contribution in [3.63, 3.8) is 0 Å². The summed E-state index contributed by atoms with van der Waals surface area (Å²) in [4.78, 5) is 20.7. The standard InChI is InChI=1S/C18H17F5N4O/c19-12-1-2-14(20)11(5-12)6-13(24)7-16(28)27-4-3-10-8-25-17(18(21,22)23)26-15(10)9-27/h1-2,5,8,13H,3-4,6-7,9,24H2/t13-/m1/s1. The van der Waals surface area contributed by atoms with E-state index in [1.165, 1.54) is 4.90 Å². The molecule has 1 aliphatic rings. The first-order valence-electron chi connectivity index (χ1n) is 8.52. The zero-order valence-corrected chi connectivity index (χ0v) is 14.6. The summed E-state index contributed by atoms with van der Waals surface area (Å²) in [5, 5.41) is 0. The number of hydrogen-bond acceptors (Lipinski definition) is 4. The zero-order chi connectivity index (χ0) is 20.5. The topological polar surface area (TPSA) is 72.1 Å². The second-order valence-electron chi connectivity index (χ2n) is 6.63. The first-order chi connectivity index (χ1) is 13.1. The second kappa shape index (κ2) is 7.78. The van der Waals surface area contributed by atoms with E-state index in [1.54, 1.807) is 0 Å². The highest BCUT2D eigenvalue weighted by Gasteiger charge is 2.36. The van der Waals surface area contributed by atoms with Crippen LogP contribution in [0.2, 0.25) is 0 Å². The van der Waals surface area contributed by atoms with Crippen LogP contribution in [0.3, 0.4) is 0 Å². The average Bonchev–Trinajstić information content (AvgIpc) is 2.63. The summed E-state index contributed by atoms with van der Waals surface area (Å²) in [7, 11) is 0. The number of fused-ring (bicyclic) bond motifs is 1. The number of rotatable bonds is 4. The van der Waals surface area contributed by atoms with Crippen molar-refractivity contribution in [2.24, 2.45) is 5.73 Å². The minimum absolute atomic E-state index is 0.0415. The third kappa shape index (κ3) is 4.61. The minimum Gasteiger partial charge on any atom is -0.336 e. The molecule has 5 nitrogen and oxygen atoms in total. The molecule has 28 heavy (non-hydrogen) atoms. The van der Waals surface area contributed by atoms with Crippen LogP contribution < -0.4 is 5.73 Å². The molecular weight excluding hydrogens is 383 g/mol. The number of benzene rings is 1. The average molecular weight is 400 g/mol. The Kier molecular flexibility index (Phi) is 5.59. The van der Waals surface area contributed by atoms with Gasteiger partial charge in [0.15, 0.2) is 0 Å². The van der Waals surface area contributed by atoms with Crippen LogP contribution in [-0.4, -0.2) is 33.4 Å². The van der Waals surface area contributed by atoms with Gasteiger partial charge in [-0.15, -0.1) is 0 Å². The van der Waals surface area contributed by atoms with E-state index in [4.69, 9.17) is 5.73 Å². The molecule has 1 amide bonds. The van der Waals surface area contributed by atoms with Gasteiger partial charge in [-0.3, -0.25) is 4.79 Å². The molecule has 0 aliphatic carbocycles. The molecule has 1 atom stereocenters. The van der Waals surface area contributed by atoms with Crippen molar-refractivity contribution < 1.29 is 26.7 Å². The molecule has 0 radical (unpaired) electrons. The van der Waals surface area contributed by atoms with Gasteiger partial charge >= 0.3 is 6.18 Å². The molecule has 1 aliphatic heterocycles. The monoisotopic (exact) mass is 400 g/mol. The summed E-state index contributed by atoms with van der Waals surface area (Å²) in [6.07, 6.45) is -3.40. The lowest BCUT2D eigenvalue weighted by atomic mass is 10.0. The molecule has 0 saturated carbocycles. The highest BCUT2D eigenvalue weighted by Crippen LogP contribution is 2.28. The molecule has 2 aromatic rings. The summed E-state index contributed by atoms with van der Waals surface area (Å²) in [6, 6.07) is 2.23. The molecule has 0 saturated heterocycles. The van der Waals surface area contributed by atoms with Gasteiger partial charge in [-0.25, -0.2) is 18.7 Å². The Morgan fingerprint density at radius 3 is 2.75 bits per heavy atom. The molecule has 1 aromatic carbocycles. The van der Waals surface area contributed by atoms with Gasteiger partial charge in [0.2, 0.25) is 11.7 Å². The maximum absolute atomic E-state index is 13.7. The first-order valence-corrected chi connectivity index (χ1v) is 8.52. The Bertz CT molecular complexity index is 887. The summed E-state index contributed by atoms with van der Waals surface area (Å²) >= 11 is 0. The van der Waals surface area contributed by atoms with E-state index in [0.29, 0.717) is 18.5 Å². The maximum Gasteiger partial charge on any atom is 0.451 e. The van der Waals surface area contributed by atoms with Crippen LogP contribution in [0.4, 0.5) is 22.0 Å². The van der Waals surface area contributed by atoms with Crippen LogP contribution in [0.25, 0.3) is 0 Å². The zero-order valence-electron chi connectivity index (χ0n) is 14.6. The van der Waals surface area contributed by atoms with Gasteiger partial charge < -0.3 is 10.6 Å². The van der Waals surface area contributed by atoms with Gasteiger partial charge in [0.25, 0.3) is 0 Å². The number of nitrogens with zero attached hydrogens (tertiary/aromatic N) is 3. The molecule has 3 rings (SSSR count). The smallest absolute Gasteiger partial charge is 0.336 e. The van der Waals surface area contributed by atoms with Crippen LogP contribution >= 0.6 is 0 Å². The van der Waals surface area contributed by atoms with Gasteiger partial charge in [-0.2, -0.15) is 13.2 Å². The van der Waals surface area contributed by atoms with E-state index >= 15 is 0 Å². The molecule has 2 N–H and O–H groups in total. The van der Waals surface area contributed by atoms with Crippen molar-refractivity contribution in [3.8, 4) is 0 Å². The quantitative estimate of drug-likeness (QED) is 0.801. The second-order valence-corrected chi connectivity index (χ2v) is 6.63. The summed E-state index contributed by atoms with van der Waals surface area (Å²) < 4.78 is 65.3. The Morgan fingerprint density at radius 2 is 2.04 bits per heavy atom. The number of nitrogens with two attached hydrogens (primary N) is 1. The van der Waals surface area contributed by atoms with Crippen LogP contribution in [-0.2, 0) is 30.4 Å². The van der Waals surface area contributed by atoms with Gasteiger partial charge in [-0.1, -0.05) is 0 Å². The van der Waals surface area contributed by atoms with Crippen LogP contribution in [0.5, 0.6) is 0 Å². The third-order valence-corrected chi connectivity index (χ3v) is 4.48. The van der Waals surface area contributed by atoms with Crippen LogP contribution in [0, 0.1) is 11.6 Å². The number of aromatic nitrogens is 2. The van der Waals surface area contributed by atoms with Crippen LogP contribution in [0.15, 0.2) is 24.4 Å². The van der Waals surface area contributed by atoms with E-state index in [9.17, 15) is 26.7 Å². The number of amides is 1. The summed E-state index contributed by atoms with van der Waals surface area (Å²) in [5.74, 6) is -2.86. The highest BCUT2D eigenvalue weighted by molar-refractivity contribution is 5.77. The molecule has 0 spiro atoms. The molecule has 0 bridgehead atoms. The van der Waals surface area contributed by atoms with Gasteiger partial charge in [0.1, 0.15) is 11.6 Å². The van der Waals surface area contributed by atoms with Crippen LogP contribution in [0.1, 0.15) is 29.1 Å². The summed E-state index contributed by atoms with van der Waals surface area (Å²) in [5.41, 5.74) is 6.66. The fourth-order valence-corrected chi connectivity index (χ4v) is 3.06. The van der Waals surface area contributed by atoms with E-state index in [1.807, 2.05) is 0 Å². The molecule has 10 heteroatoms. The summed E-state index contributed by atoms with van der Waals surface area (Å²) in [6.45, 7) is 0.211.